The van der Waals surface area contributed by atoms with Gasteiger partial charge >= 0.3 is 5.51 Å². The van der Waals surface area contributed by atoms with Crippen LogP contribution in [0.25, 0.3) is 5.69 Å². The summed E-state index contributed by atoms with van der Waals surface area (Å²) in [6.07, 6.45) is 0. The van der Waals surface area contributed by atoms with Gasteiger partial charge in [0.05, 0.1) is 21.2 Å². The molecule has 31 heavy (non-hydrogen) atoms. The molecule has 0 atom stereocenters. The van der Waals surface area contributed by atoms with Crippen LogP contribution >= 0.6 is 0 Å². The number of non-ortho nitro benzene ring substituents is 1. The van der Waals surface area contributed by atoms with Crippen LogP contribution in [0.15, 0.2) is 59.5 Å². The van der Waals surface area contributed by atoms with Gasteiger partial charge in [0.25, 0.3) is 21.4 Å². The maximum atomic E-state index is 12.6. The molecule has 0 spiro atoms. The van der Waals surface area contributed by atoms with Crippen LogP contribution in [0.3, 0.4) is 0 Å². The number of alkyl halides is 3. The number of nitro benzene ring substituents is 1. The van der Waals surface area contributed by atoms with Crippen molar-refractivity contribution in [2.45, 2.75) is 17.3 Å². The zero-order valence-corrected chi connectivity index (χ0v) is 16.4. The Labute approximate surface area is 173 Å². The smallest absolute Gasteiger partial charge is 0.306 e. The molecule has 0 unspecified atom stereocenters. The van der Waals surface area contributed by atoms with E-state index in [0.29, 0.717) is 23.5 Å². The van der Waals surface area contributed by atoms with Crippen molar-refractivity contribution in [2.24, 2.45) is 0 Å². The first-order valence-corrected chi connectivity index (χ1v) is 9.93. The number of nitrogens with one attached hydrogen (secondary N) is 1. The molecule has 3 rings (SSSR count). The van der Waals surface area contributed by atoms with Crippen LogP contribution < -0.4 is 5.32 Å². The van der Waals surface area contributed by atoms with Gasteiger partial charge in [0, 0.05) is 23.8 Å². The first-order valence-electron chi connectivity index (χ1n) is 8.44. The van der Waals surface area contributed by atoms with E-state index in [0.717, 1.165) is 12.1 Å². The average molecular weight is 454 g/mol. The van der Waals surface area contributed by atoms with Crippen LogP contribution in [0.2, 0.25) is 0 Å². The molecule has 0 aliphatic carbocycles. The number of rotatable bonds is 5. The van der Waals surface area contributed by atoms with E-state index in [2.05, 4.69) is 10.4 Å². The van der Waals surface area contributed by atoms with E-state index in [9.17, 15) is 36.5 Å². The highest BCUT2D eigenvalue weighted by molar-refractivity contribution is 7.92. The normalized spacial score (nSPS) is 11.9. The highest BCUT2D eigenvalue weighted by atomic mass is 32.2. The fourth-order valence-electron chi connectivity index (χ4n) is 2.61. The molecule has 1 amide bonds. The fourth-order valence-corrected chi connectivity index (χ4v) is 3.37. The molecule has 1 heterocycles. The zero-order chi connectivity index (χ0) is 23.0. The van der Waals surface area contributed by atoms with Gasteiger partial charge in [-0.05, 0) is 43.3 Å². The number of halogens is 3. The number of benzene rings is 2. The molecule has 1 N–H and O–H groups in total. The van der Waals surface area contributed by atoms with Gasteiger partial charge in [0.15, 0.2) is 0 Å². The summed E-state index contributed by atoms with van der Waals surface area (Å²) in [6.45, 7) is 1.65. The Morgan fingerprint density at radius 3 is 2.19 bits per heavy atom. The molecule has 0 radical (unpaired) electrons. The summed E-state index contributed by atoms with van der Waals surface area (Å²) >= 11 is 0. The van der Waals surface area contributed by atoms with Crippen LogP contribution in [-0.4, -0.2) is 34.5 Å². The third kappa shape index (κ3) is 4.40. The number of nitrogens with zero attached hydrogens (tertiary/aromatic N) is 3. The Bertz CT molecular complexity index is 1250. The van der Waals surface area contributed by atoms with Gasteiger partial charge in [0.1, 0.15) is 5.82 Å². The number of aromatic nitrogens is 2. The predicted octanol–water partition coefficient (Wildman–Crippen LogP) is 3.63. The molecule has 0 saturated heterocycles. The number of hydrogen-bond acceptors (Lipinski definition) is 6. The third-order valence-electron chi connectivity index (χ3n) is 4.11. The number of nitro groups is 1. The molecule has 0 saturated carbocycles. The van der Waals surface area contributed by atoms with Crippen molar-refractivity contribution in [3.8, 4) is 5.69 Å². The number of carbonyl (C=O) groups is 1. The second kappa shape index (κ2) is 7.83. The molecule has 0 aliphatic heterocycles. The monoisotopic (exact) mass is 454 g/mol. The molecule has 0 fully saturated rings. The van der Waals surface area contributed by atoms with Crippen molar-refractivity contribution in [3.63, 3.8) is 0 Å². The lowest BCUT2D eigenvalue weighted by Gasteiger charge is -2.10. The van der Waals surface area contributed by atoms with E-state index in [1.165, 1.54) is 35.0 Å². The number of amides is 1. The van der Waals surface area contributed by atoms with Gasteiger partial charge in [0.2, 0.25) is 0 Å². The third-order valence-corrected chi connectivity index (χ3v) is 5.61. The molecule has 3 aromatic rings. The molecule has 162 valence electrons. The van der Waals surface area contributed by atoms with E-state index in [1.54, 1.807) is 6.92 Å². The van der Waals surface area contributed by atoms with Crippen molar-refractivity contribution in [2.75, 3.05) is 5.32 Å². The maximum Gasteiger partial charge on any atom is 0.501 e. The summed E-state index contributed by atoms with van der Waals surface area (Å²) < 4.78 is 62.0. The predicted molar refractivity (Wildman–Crippen MR) is 103 cm³/mol. The molecule has 2 aromatic carbocycles. The zero-order valence-electron chi connectivity index (χ0n) is 15.6. The van der Waals surface area contributed by atoms with Crippen molar-refractivity contribution >= 4 is 27.2 Å². The molecular formula is C18H13F3N4O5S. The van der Waals surface area contributed by atoms with E-state index in [1.807, 2.05) is 0 Å². The van der Waals surface area contributed by atoms with Crippen molar-refractivity contribution in [1.82, 2.24) is 9.78 Å². The summed E-state index contributed by atoms with van der Waals surface area (Å²) in [5.74, 6) is -0.526. The number of sulfone groups is 1. The molecular weight excluding hydrogens is 441 g/mol. The summed E-state index contributed by atoms with van der Waals surface area (Å²) in [7, 11) is -5.52. The maximum absolute atomic E-state index is 12.6. The minimum absolute atomic E-state index is 0.0878. The molecule has 0 bridgehead atoms. The van der Waals surface area contributed by atoms with E-state index < -0.39 is 31.1 Å². The number of carbonyl (C=O) groups excluding carboxylic acids is 1. The van der Waals surface area contributed by atoms with Gasteiger partial charge in [-0.2, -0.15) is 18.3 Å². The quantitative estimate of drug-likeness (QED) is 0.464. The Kier molecular flexibility index (Phi) is 5.55. The first-order chi connectivity index (χ1) is 14.4. The molecule has 1 aromatic heterocycles. The molecule has 9 nitrogen and oxygen atoms in total. The number of anilines is 1. The lowest BCUT2D eigenvalue weighted by Crippen LogP contribution is -2.23. The van der Waals surface area contributed by atoms with Crippen LogP contribution in [0, 0.1) is 17.0 Å². The number of aryl methyl sites for hydroxylation is 1. The minimum Gasteiger partial charge on any atom is -0.306 e. The lowest BCUT2D eigenvalue weighted by molar-refractivity contribution is -0.384. The van der Waals surface area contributed by atoms with E-state index >= 15 is 0 Å². The van der Waals surface area contributed by atoms with Crippen molar-refractivity contribution in [1.29, 1.82) is 0 Å². The number of hydrogen-bond donors (Lipinski definition) is 1. The van der Waals surface area contributed by atoms with Crippen LogP contribution in [-0.2, 0) is 9.84 Å². The van der Waals surface area contributed by atoms with Gasteiger partial charge in [-0.25, -0.2) is 13.1 Å². The van der Waals surface area contributed by atoms with Crippen LogP contribution in [0.4, 0.5) is 24.7 Å². The Balaban J connectivity index is 1.85. The topological polar surface area (TPSA) is 124 Å². The summed E-state index contributed by atoms with van der Waals surface area (Å²) in [4.78, 5) is 21.7. The second-order valence-electron chi connectivity index (χ2n) is 6.28. The minimum atomic E-state index is -5.52. The van der Waals surface area contributed by atoms with E-state index in [4.69, 9.17) is 0 Å². The second-order valence-corrected chi connectivity index (χ2v) is 8.23. The Hall–Kier alpha value is -3.74. The summed E-state index contributed by atoms with van der Waals surface area (Å²) in [6, 6.07) is 10.2. The van der Waals surface area contributed by atoms with Crippen molar-refractivity contribution < 1.29 is 31.3 Å². The van der Waals surface area contributed by atoms with Crippen molar-refractivity contribution in [3.05, 3.63) is 76.0 Å². The van der Waals surface area contributed by atoms with Gasteiger partial charge in [-0.15, -0.1) is 0 Å². The fraction of sp³-hybridized carbons (Fsp3) is 0.111. The van der Waals surface area contributed by atoms with E-state index in [-0.39, 0.29) is 17.1 Å². The van der Waals surface area contributed by atoms with Gasteiger partial charge in [-0.1, -0.05) is 0 Å². The largest absolute Gasteiger partial charge is 0.501 e. The summed E-state index contributed by atoms with van der Waals surface area (Å²) in [5.41, 5.74) is -4.74. The molecule has 0 aliphatic rings. The van der Waals surface area contributed by atoms with Gasteiger partial charge < -0.3 is 5.32 Å². The molecule has 13 heteroatoms. The SMILES string of the molecule is Cc1cc(NC(=O)c2ccc(S(=O)(=O)C(F)(F)F)cc2)n(-c2ccc([N+](=O)[O-])cc2)n1. The van der Waals surface area contributed by atoms with Crippen LogP contribution in [0.1, 0.15) is 16.1 Å². The lowest BCUT2D eigenvalue weighted by atomic mass is 10.2. The average Bonchev–Trinajstić information content (AvgIpc) is 3.07. The highest BCUT2D eigenvalue weighted by Gasteiger charge is 2.46. The van der Waals surface area contributed by atoms with Gasteiger partial charge in [-0.3, -0.25) is 14.9 Å². The standard InChI is InChI=1S/C18H13F3N4O5S/c1-11-10-16(24(23-11)13-4-6-14(7-5-13)25(27)28)22-17(26)12-2-8-15(9-3-12)31(29,30)18(19,20)21/h2-10H,1H3,(H,22,26). The Morgan fingerprint density at radius 1 is 1.10 bits per heavy atom. The van der Waals surface area contributed by atoms with Crippen LogP contribution in [0.5, 0.6) is 0 Å². The summed E-state index contributed by atoms with van der Waals surface area (Å²) in [5, 5.41) is 17.5. The highest BCUT2D eigenvalue weighted by Crippen LogP contribution is 2.30. The first kappa shape index (κ1) is 22.0. The Morgan fingerprint density at radius 2 is 1.68 bits per heavy atom.